The zero-order chi connectivity index (χ0) is 20.9. The van der Waals surface area contributed by atoms with Crippen LogP contribution in [0.3, 0.4) is 0 Å². The number of benzene rings is 2. The highest BCUT2D eigenvalue weighted by atomic mass is 79.9. The average molecular weight is 481 g/mol. The maximum atomic E-state index is 12.6. The molecule has 2 N–H and O–H groups in total. The Kier molecular flexibility index (Phi) is 7.18. The van der Waals surface area contributed by atoms with Gasteiger partial charge in [-0.05, 0) is 72.1 Å². The van der Waals surface area contributed by atoms with Crippen LogP contribution in [0, 0.1) is 0 Å². The molecule has 0 bridgehead atoms. The molecular formula is C21H25BrN2O4S. The zero-order valence-corrected chi connectivity index (χ0v) is 18.6. The van der Waals surface area contributed by atoms with Crippen LogP contribution >= 0.6 is 15.9 Å². The van der Waals surface area contributed by atoms with E-state index in [1.54, 1.807) is 43.3 Å². The lowest BCUT2D eigenvalue weighted by molar-refractivity contribution is -0.128. The van der Waals surface area contributed by atoms with E-state index in [2.05, 4.69) is 26.0 Å². The molecule has 1 fully saturated rings. The molecule has 0 aromatic heterocycles. The summed E-state index contributed by atoms with van der Waals surface area (Å²) in [6.07, 6.45) is 4.88. The molecule has 0 aliphatic heterocycles. The van der Waals surface area contributed by atoms with Crippen molar-refractivity contribution in [3.63, 3.8) is 0 Å². The van der Waals surface area contributed by atoms with Crippen molar-refractivity contribution in [2.45, 2.75) is 56.1 Å². The highest BCUT2D eigenvalue weighted by Crippen LogP contribution is 2.25. The van der Waals surface area contributed by atoms with Gasteiger partial charge in [-0.25, -0.2) is 8.42 Å². The molecule has 1 amide bonds. The van der Waals surface area contributed by atoms with Gasteiger partial charge in [0, 0.05) is 10.5 Å². The van der Waals surface area contributed by atoms with E-state index in [0.29, 0.717) is 15.9 Å². The third-order valence-electron chi connectivity index (χ3n) is 4.89. The second-order valence-electron chi connectivity index (χ2n) is 7.16. The van der Waals surface area contributed by atoms with Gasteiger partial charge >= 0.3 is 0 Å². The van der Waals surface area contributed by atoms with E-state index in [9.17, 15) is 13.2 Å². The van der Waals surface area contributed by atoms with Crippen molar-refractivity contribution in [2.75, 3.05) is 4.72 Å². The number of hydrogen-bond acceptors (Lipinski definition) is 4. The van der Waals surface area contributed by atoms with Gasteiger partial charge in [-0.1, -0.05) is 31.4 Å². The van der Waals surface area contributed by atoms with Crippen molar-refractivity contribution in [1.29, 1.82) is 0 Å². The van der Waals surface area contributed by atoms with Crippen LogP contribution in [0.4, 0.5) is 5.69 Å². The van der Waals surface area contributed by atoms with Crippen LogP contribution in [0.25, 0.3) is 0 Å². The molecule has 29 heavy (non-hydrogen) atoms. The molecule has 0 spiro atoms. The van der Waals surface area contributed by atoms with Crippen molar-refractivity contribution in [1.82, 2.24) is 5.32 Å². The topological polar surface area (TPSA) is 84.5 Å². The number of rotatable bonds is 7. The van der Waals surface area contributed by atoms with Gasteiger partial charge in [0.05, 0.1) is 10.6 Å². The average Bonchev–Trinajstić information content (AvgIpc) is 2.71. The Morgan fingerprint density at radius 3 is 2.38 bits per heavy atom. The second-order valence-corrected chi connectivity index (χ2v) is 9.70. The van der Waals surface area contributed by atoms with Gasteiger partial charge in [0.15, 0.2) is 6.10 Å². The molecule has 1 saturated carbocycles. The number of halogens is 1. The summed E-state index contributed by atoms with van der Waals surface area (Å²) in [6.45, 7) is 1.69. The van der Waals surface area contributed by atoms with Crippen molar-refractivity contribution in [2.24, 2.45) is 0 Å². The van der Waals surface area contributed by atoms with Crippen LogP contribution < -0.4 is 14.8 Å². The Morgan fingerprint density at radius 1 is 1.07 bits per heavy atom. The quantitative estimate of drug-likeness (QED) is 0.612. The Balaban J connectivity index is 1.60. The fraction of sp³-hybridized carbons (Fsp3) is 0.381. The van der Waals surface area contributed by atoms with E-state index >= 15 is 0 Å². The number of carbonyl (C=O) groups excluding carboxylic acids is 1. The number of ether oxygens (including phenoxy) is 1. The van der Waals surface area contributed by atoms with E-state index in [4.69, 9.17) is 4.74 Å². The van der Waals surface area contributed by atoms with Crippen molar-refractivity contribution < 1.29 is 17.9 Å². The standard InChI is InChI=1S/C21H25BrN2O4S/c1-15(21(25)23-16-7-3-2-4-8-16)28-17-11-13-18(14-12-17)29(26,27)24-20-10-6-5-9-19(20)22/h5-6,9-16,24H,2-4,7-8H2,1H3,(H,23,25)/t15-/m1/s1. The number of anilines is 1. The van der Waals surface area contributed by atoms with Gasteiger partial charge in [0.2, 0.25) is 0 Å². The van der Waals surface area contributed by atoms with Gasteiger partial charge in [-0.15, -0.1) is 0 Å². The Labute approximate surface area is 180 Å². The summed E-state index contributed by atoms with van der Waals surface area (Å²) >= 11 is 3.32. The predicted molar refractivity (Wildman–Crippen MR) is 116 cm³/mol. The zero-order valence-electron chi connectivity index (χ0n) is 16.2. The number of hydrogen-bond donors (Lipinski definition) is 2. The second kappa shape index (κ2) is 9.63. The minimum atomic E-state index is -3.73. The molecule has 1 atom stereocenters. The molecule has 0 radical (unpaired) electrons. The van der Waals surface area contributed by atoms with Crippen LogP contribution in [-0.2, 0) is 14.8 Å². The highest BCUT2D eigenvalue weighted by molar-refractivity contribution is 9.10. The van der Waals surface area contributed by atoms with Gasteiger partial charge < -0.3 is 10.1 Å². The first kappa shape index (κ1) is 21.6. The van der Waals surface area contributed by atoms with Crippen molar-refractivity contribution in [3.05, 3.63) is 53.0 Å². The molecule has 8 heteroatoms. The Hall–Kier alpha value is -2.06. The summed E-state index contributed by atoms with van der Waals surface area (Å²) in [7, 11) is -3.73. The third kappa shape index (κ3) is 5.96. The maximum absolute atomic E-state index is 12.6. The molecule has 2 aromatic carbocycles. The van der Waals surface area contributed by atoms with E-state index < -0.39 is 16.1 Å². The Morgan fingerprint density at radius 2 is 1.72 bits per heavy atom. The van der Waals surface area contributed by atoms with Crippen LogP contribution in [0.15, 0.2) is 57.9 Å². The first-order valence-electron chi connectivity index (χ1n) is 9.69. The number of nitrogens with one attached hydrogen (secondary N) is 2. The first-order valence-corrected chi connectivity index (χ1v) is 12.0. The minimum Gasteiger partial charge on any atom is -0.481 e. The van der Waals surface area contributed by atoms with Crippen molar-refractivity contribution in [3.8, 4) is 5.75 Å². The normalized spacial score (nSPS) is 16.1. The van der Waals surface area contributed by atoms with Crippen LogP contribution in [0.5, 0.6) is 5.75 Å². The molecule has 0 unspecified atom stereocenters. The molecule has 0 heterocycles. The highest BCUT2D eigenvalue weighted by Gasteiger charge is 2.21. The number of amides is 1. The van der Waals surface area contributed by atoms with Gasteiger partial charge in [0.1, 0.15) is 5.75 Å². The lowest BCUT2D eigenvalue weighted by atomic mass is 9.95. The molecule has 3 rings (SSSR count). The summed E-state index contributed by atoms with van der Waals surface area (Å²) in [5, 5.41) is 3.03. The SMILES string of the molecule is C[C@@H](Oc1ccc(S(=O)(=O)Nc2ccccc2Br)cc1)C(=O)NC1CCCCC1. The minimum absolute atomic E-state index is 0.111. The largest absolute Gasteiger partial charge is 0.481 e. The van der Waals surface area contributed by atoms with Crippen LogP contribution in [-0.4, -0.2) is 26.5 Å². The maximum Gasteiger partial charge on any atom is 0.261 e. The molecule has 6 nitrogen and oxygen atoms in total. The van der Waals surface area contributed by atoms with Gasteiger partial charge in [0.25, 0.3) is 15.9 Å². The fourth-order valence-corrected chi connectivity index (χ4v) is 4.86. The molecule has 2 aromatic rings. The number of sulfonamides is 1. The first-order chi connectivity index (χ1) is 13.8. The predicted octanol–water partition coefficient (Wildman–Crippen LogP) is 4.47. The molecule has 0 saturated heterocycles. The van der Waals surface area contributed by atoms with Gasteiger partial charge in [-0.2, -0.15) is 0 Å². The molecule has 1 aliphatic rings. The monoisotopic (exact) mass is 480 g/mol. The molecule has 156 valence electrons. The fourth-order valence-electron chi connectivity index (χ4n) is 3.27. The van der Waals surface area contributed by atoms with E-state index in [-0.39, 0.29) is 16.8 Å². The summed E-state index contributed by atoms with van der Waals surface area (Å²) in [5.41, 5.74) is 0.459. The summed E-state index contributed by atoms with van der Waals surface area (Å²) in [4.78, 5) is 12.4. The van der Waals surface area contributed by atoms with Crippen LogP contribution in [0.2, 0.25) is 0 Å². The lowest BCUT2D eigenvalue weighted by Gasteiger charge is -2.24. The Bertz CT molecular complexity index is 941. The smallest absolute Gasteiger partial charge is 0.261 e. The van der Waals surface area contributed by atoms with Gasteiger partial charge in [-0.3, -0.25) is 9.52 Å². The van der Waals surface area contributed by atoms with E-state index in [1.807, 2.05) is 0 Å². The number of para-hydroxylation sites is 1. The summed E-state index contributed by atoms with van der Waals surface area (Å²) in [5.74, 6) is 0.292. The van der Waals surface area contributed by atoms with E-state index in [0.717, 1.165) is 25.7 Å². The van der Waals surface area contributed by atoms with Crippen molar-refractivity contribution >= 4 is 37.5 Å². The third-order valence-corrected chi connectivity index (χ3v) is 6.96. The number of carbonyl (C=O) groups is 1. The van der Waals surface area contributed by atoms with Crippen LogP contribution in [0.1, 0.15) is 39.0 Å². The summed E-state index contributed by atoms with van der Waals surface area (Å²) < 4.78 is 34.0. The lowest BCUT2D eigenvalue weighted by Crippen LogP contribution is -2.43. The van der Waals surface area contributed by atoms with E-state index in [1.165, 1.54) is 18.6 Å². The molecule has 1 aliphatic carbocycles. The summed E-state index contributed by atoms with van der Waals surface area (Å²) in [6, 6.07) is 13.2. The molecular weight excluding hydrogens is 456 g/mol.